The molecule has 0 aromatic heterocycles. The van der Waals surface area contributed by atoms with Crippen LogP contribution in [0.15, 0.2) is 30.0 Å². The first-order valence-electron chi connectivity index (χ1n) is 6.87. The monoisotopic (exact) mass is 266 g/mol. The molecule has 0 amide bonds. The zero-order valence-corrected chi connectivity index (χ0v) is 11.7. The lowest BCUT2D eigenvalue weighted by Crippen LogP contribution is -2.29. The van der Waals surface area contributed by atoms with Crippen LogP contribution < -0.4 is 10.2 Å². The van der Waals surface area contributed by atoms with Crippen LogP contribution in [0.3, 0.4) is 0 Å². The van der Waals surface area contributed by atoms with Crippen molar-refractivity contribution in [3.63, 3.8) is 0 Å². The van der Waals surface area contributed by atoms with Gasteiger partial charge in [0.1, 0.15) is 17.7 Å². The summed E-state index contributed by atoms with van der Waals surface area (Å²) in [6.45, 7) is 4.15. The number of nitriles is 2. The number of nitrogens with one attached hydrogen (secondary N) is 1. The van der Waals surface area contributed by atoms with Crippen molar-refractivity contribution in [2.45, 2.75) is 26.2 Å². The molecule has 4 nitrogen and oxygen atoms in total. The molecule has 0 aliphatic carbocycles. The standard InChI is InChI=1S/C16H18N4/c1-13-5-6-16(20-7-3-2-4-8-20)15(9-13)19-12-14(10-17)11-18/h5-6,9,12,19H,2-4,7-8H2,1H3. The third-order valence-electron chi connectivity index (χ3n) is 3.46. The van der Waals surface area contributed by atoms with E-state index in [0.717, 1.165) is 30.0 Å². The summed E-state index contributed by atoms with van der Waals surface area (Å²) in [4.78, 5) is 2.36. The Morgan fingerprint density at radius 1 is 1.20 bits per heavy atom. The fourth-order valence-corrected chi connectivity index (χ4v) is 2.42. The molecular weight excluding hydrogens is 248 g/mol. The number of hydrogen-bond donors (Lipinski definition) is 1. The quantitative estimate of drug-likeness (QED) is 0.852. The minimum Gasteiger partial charge on any atom is -0.370 e. The first-order chi connectivity index (χ1) is 9.74. The maximum atomic E-state index is 8.79. The van der Waals surface area contributed by atoms with Crippen LogP contribution in [0.1, 0.15) is 24.8 Å². The molecule has 1 aliphatic rings. The molecule has 1 heterocycles. The van der Waals surface area contributed by atoms with Crippen molar-refractivity contribution < 1.29 is 0 Å². The molecule has 0 spiro atoms. The van der Waals surface area contributed by atoms with Gasteiger partial charge < -0.3 is 10.2 Å². The van der Waals surface area contributed by atoms with E-state index < -0.39 is 0 Å². The van der Waals surface area contributed by atoms with E-state index >= 15 is 0 Å². The summed E-state index contributed by atoms with van der Waals surface area (Å²) in [5.41, 5.74) is 3.32. The zero-order chi connectivity index (χ0) is 14.4. The van der Waals surface area contributed by atoms with E-state index in [4.69, 9.17) is 10.5 Å². The van der Waals surface area contributed by atoms with Gasteiger partial charge in [-0.15, -0.1) is 0 Å². The topological polar surface area (TPSA) is 62.9 Å². The molecule has 1 saturated heterocycles. The van der Waals surface area contributed by atoms with Gasteiger partial charge in [-0.05, 0) is 43.9 Å². The number of rotatable bonds is 3. The minimum atomic E-state index is 0.0797. The molecule has 0 bridgehead atoms. The zero-order valence-electron chi connectivity index (χ0n) is 11.7. The number of anilines is 2. The molecule has 102 valence electrons. The molecular formula is C16H18N4. The molecule has 0 saturated carbocycles. The lowest BCUT2D eigenvalue weighted by molar-refractivity contribution is 0.578. The fourth-order valence-electron chi connectivity index (χ4n) is 2.42. The SMILES string of the molecule is Cc1ccc(N2CCCCC2)c(NC=C(C#N)C#N)c1. The van der Waals surface area contributed by atoms with E-state index in [9.17, 15) is 0 Å². The van der Waals surface area contributed by atoms with Gasteiger partial charge in [-0.3, -0.25) is 0 Å². The van der Waals surface area contributed by atoms with Crippen molar-refractivity contribution in [2.24, 2.45) is 0 Å². The molecule has 1 aromatic rings. The van der Waals surface area contributed by atoms with Gasteiger partial charge >= 0.3 is 0 Å². The Morgan fingerprint density at radius 2 is 1.90 bits per heavy atom. The molecule has 1 aromatic carbocycles. The fraction of sp³-hybridized carbons (Fsp3) is 0.375. The lowest BCUT2D eigenvalue weighted by atomic mass is 10.1. The molecule has 2 rings (SSSR count). The van der Waals surface area contributed by atoms with Crippen molar-refractivity contribution >= 4 is 11.4 Å². The van der Waals surface area contributed by atoms with E-state index in [2.05, 4.69) is 22.3 Å². The number of benzene rings is 1. The van der Waals surface area contributed by atoms with Crippen LogP contribution in [0.4, 0.5) is 11.4 Å². The predicted octanol–water partition coefficient (Wildman–Crippen LogP) is 3.33. The van der Waals surface area contributed by atoms with Crippen molar-refractivity contribution in [1.29, 1.82) is 10.5 Å². The third-order valence-corrected chi connectivity index (χ3v) is 3.46. The van der Waals surface area contributed by atoms with E-state index in [1.807, 2.05) is 25.1 Å². The number of allylic oxidation sites excluding steroid dienone is 1. The van der Waals surface area contributed by atoms with Crippen LogP contribution in [0, 0.1) is 29.6 Å². The van der Waals surface area contributed by atoms with E-state index in [-0.39, 0.29) is 5.57 Å². The highest BCUT2D eigenvalue weighted by molar-refractivity contribution is 5.72. The number of hydrogen-bond acceptors (Lipinski definition) is 4. The van der Waals surface area contributed by atoms with Crippen LogP contribution in [-0.2, 0) is 0 Å². The van der Waals surface area contributed by atoms with Crippen LogP contribution in [-0.4, -0.2) is 13.1 Å². The van der Waals surface area contributed by atoms with E-state index in [1.54, 1.807) is 0 Å². The maximum absolute atomic E-state index is 8.79. The summed E-state index contributed by atoms with van der Waals surface area (Å²) in [5.74, 6) is 0. The molecule has 1 fully saturated rings. The molecule has 0 radical (unpaired) electrons. The largest absolute Gasteiger partial charge is 0.370 e. The summed E-state index contributed by atoms with van der Waals surface area (Å²) < 4.78 is 0. The van der Waals surface area contributed by atoms with Gasteiger partial charge in [0.2, 0.25) is 0 Å². The van der Waals surface area contributed by atoms with E-state index in [0.29, 0.717) is 0 Å². The summed E-state index contributed by atoms with van der Waals surface area (Å²) in [7, 11) is 0. The number of piperidine rings is 1. The van der Waals surface area contributed by atoms with Gasteiger partial charge in [0, 0.05) is 19.3 Å². The summed E-state index contributed by atoms with van der Waals surface area (Å²) in [6, 6.07) is 9.97. The molecule has 4 heteroatoms. The summed E-state index contributed by atoms with van der Waals surface area (Å²) >= 11 is 0. The van der Waals surface area contributed by atoms with Gasteiger partial charge in [-0.2, -0.15) is 10.5 Å². The highest BCUT2D eigenvalue weighted by Crippen LogP contribution is 2.29. The Bertz CT molecular complexity index is 567. The molecule has 1 N–H and O–H groups in total. The van der Waals surface area contributed by atoms with Crippen LogP contribution in [0.25, 0.3) is 0 Å². The smallest absolute Gasteiger partial charge is 0.145 e. The first-order valence-corrected chi connectivity index (χ1v) is 6.87. The second-order valence-corrected chi connectivity index (χ2v) is 4.99. The third kappa shape index (κ3) is 3.30. The Balaban J connectivity index is 2.26. The molecule has 20 heavy (non-hydrogen) atoms. The molecule has 0 unspecified atom stereocenters. The highest BCUT2D eigenvalue weighted by atomic mass is 15.1. The average molecular weight is 266 g/mol. The maximum Gasteiger partial charge on any atom is 0.145 e. The lowest BCUT2D eigenvalue weighted by Gasteiger charge is -2.30. The van der Waals surface area contributed by atoms with Crippen LogP contribution >= 0.6 is 0 Å². The highest BCUT2D eigenvalue weighted by Gasteiger charge is 2.14. The van der Waals surface area contributed by atoms with Gasteiger partial charge in [0.25, 0.3) is 0 Å². The predicted molar refractivity (Wildman–Crippen MR) is 80.2 cm³/mol. The Hall–Kier alpha value is -2.46. The Morgan fingerprint density at radius 3 is 2.55 bits per heavy atom. The van der Waals surface area contributed by atoms with Gasteiger partial charge in [-0.25, -0.2) is 0 Å². The summed E-state index contributed by atoms with van der Waals surface area (Å²) in [5, 5.41) is 20.7. The van der Waals surface area contributed by atoms with E-state index in [1.165, 1.54) is 25.5 Å². The Kier molecular flexibility index (Phi) is 4.63. The minimum absolute atomic E-state index is 0.0797. The number of aryl methyl sites for hydroxylation is 1. The van der Waals surface area contributed by atoms with Crippen LogP contribution in [0.5, 0.6) is 0 Å². The van der Waals surface area contributed by atoms with Crippen molar-refractivity contribution in [3.05, 3.63) is 35.5 Å². The molecule has 0 atom stereocenters. The second kappa shape index (κ2) is 6.63. The average Bonchev–Trinajstić information content (AvgIpc) is 2.49. The van der Waals surface area contributed by atoms with Crippen molar-refractivity contribution in [2.75, 3.05) is 23.3 Å². The number of nitrogens with zero attached hydrogens (tertiary/aromatic N) is 3. The summed E-state index contributed by atoms with van der Waals surface area (Å²) in [6.07, 6.45) is 5.19. The molecule has 1 aliphatic heterocycles. The van der Waals surface area contributed by atoms with Gasteiger partial charge in [0.05, 0.1) is 11.4 Å². The first kappa shape index (κ1) is 14.0. The normalized spacial score (nSPS) is 14.1. The van der Waals surface area contributed by atoms with Gasteiger partial charge in [0.15, 0.2) is 0 Å². The van der Waals surface area contributed by atoms with Crippen molar-refractivity contribution in [1.82, 2.24) is 0 Å². The Labute approximate surface area is 119 Å². The van der Waals surface area contributed by atoms with Crippen molar-refractivity contribution in [3.8, 4) is 12.1 Å². The van der Waals surface area contributed by atoms with Crippen LogP contribution in [0.2, 0.25) is 0 Å². The second-order valence-electron chi connectivity index (χ2n) is 4.99. The van der Waals surface area contributed by atoms with Gasteiger partial charge in [-0.1, -0.05) is 6.07 Å².